The van der Waals surface area contributed by atoms with Crippen LogP contribution in [0.5, 0.6) is 0 Å². The van der Waals surface area contributed by atoms with Gasteiger partial charge in [0.25, 0.3) is 0 Å². The van der Waals surface area contributed by atoms with E-state index in [1.54, 1.807) is 37.3 Å². The van der Waals surface area contributed by atoms with Crippen LogP contribution < -0.4 is 9.62 Å². The van der Waals surface area contributed by atoms with Crippen LogP contribution in [0.1, 0.15) is 38.2 Å². The van der Waals surface area contributed by atoms with Crippen molar-refractivity contribution in [1.29, 1.82) is 0 Å². The van der Waals surface area contributed by atoms with Gasteiger partial charge in [0.05, 0.1) is 5.69 Å². The largest absolute Gasteiger partial charge is 0.352 e. The van der Waals surface area contributed by atoms with Crippen LogP contribution in [0.2, 0.25) is 0 Å². The van der Waals surface area contributed by atoms with Gasteiger partial charge in [0.2, 0.25) is 11.8 Å². The molecule has 0 spiro atoms. The molecule has 2 aromatic rings. The number of anilines is 1. The number of hydrogen-bond acceptors (Lipinski definition) is 4. The second kappa shape index (κ2) is 11.5. The first-order valence-electron chi connectivity index (χ1n) is 11.6. The van der Waals surface area contributed by atoms with Gasteiger partial charge in [-0.3, -0.25) is 9.59 Å². The number of nitrogens with zero attached hydrogens (tertiary/aromatic N) is 3. The first kappa shape index (κ1) is 25.7. The van der Waals surface area contributed by atoms with Gasteiger partial charge < -0.3 is 10.2 Å². The van der Waals surface area contributed by atoms with E-state index in [1.807, 2.05) is 30.3 Å². The summed E-state index contributed by atoms with van der Waals surface area (Å²) in [5.74, 6) is -0.676. The van der Waals surface area contributed by atoms with Crippen molar-refractivity contribution in [2.45, 2.75) is 51.2 Å². The van der Waals surface area contributed by atoms with Crippen LogP contribution in [0.15, 0.2) is 60.7 Å². The minimum atomic E-state index is -3.94. The number of nitrogens with one attached hydrogen (secondary N) is 1. The van der Waals surface area contributed by atoms with Crippen molar-refractivity contribution in [3.05, 3.63) is 66.2 Å². The van der Waals surface area contributed by atoms with Crippen molar-refractivity contribution < 1.29 is 18.0 Å². The zero-order valence-corrected chi connectivity index (χ0v) is 20.9. The molecule has 1 fully saturated rings. The van der Waals surface area contributed by atoms with Crippen molar-refractivity contribution in [2.24, 2.45) is 0 Å². The number of rotatable bonds is 10. The van der Waals surface area contributed by atoms with Crippen LogP contribution in [-0.4, -0.2) is 62.2 Å². The van der Waals surface area contributed by atoms with Crippen LogP contribution >= 0.6 is 0 Å². The Labute approximate surface area is 202 Å². The summed E-state index contributed by atoms with van der Waals surface area (Å²) in [4.78, 5) is 28.1. The molecule has 8 nitrogen and oxygen atoms in total. The van der Waals surface area contributed by atoms with Gasteiger partial charge in [0, 0.05) is 26.7 Å². The van der Waals surface area contributed by atoms with E-state index in [2.05, 4.69) is 5.32 Å². The first-order chi connectivity index (χ1) is 16.2. The lowest BCUT2D eigenvalue weighted by molar-refractivity contribution is -0.139. The molecule has 9 heteroatoms. The van der Waals surface area contributed by atoms with E-state index in [0.29, 0.717) is 5.69 Å². The lowest BCUT2D eigenvalue weighted by Gasteiger charge is -2.33. The summed E-state index contributed by atoms with van der Waals surface area (Å²) < 4.78 is 28.3. The zero-order valence-electron chi connectivity index (χ0n) is 20.1. The molecule has 34 heavy (non-hydrogen) atoms. The van der Waals surface area contributed by atoms with Crippen LogP contribution in [0, 0.1) is 0 Å². The highest BCUT2D eigenvalue weighted by Gasteiger charge is 2.33. The Morgan fingerprint density at radius 3 is 2.09 bits per heavy atom. The van der Waals surface area contributed by atoms with Gasteiger partial charge in [0.15, 0.2) is 0 Å². The molecule has 1 N–H and O–H groups in total. The summed E-state index contributed by atoms with van der Waals surface area (Å²) in [6.07, 6.45) is 4.04. The average molecular weight is 487 g/mol. The lowest BCUT2D eigenvalue weighted by Crippen LogP contribution is -2.53. The third kappa shape index (κ3) is 6.36. The first-order valence-corrected chi connectivity index (χ1v) is 13.0. The molecule has 1 saturated carbocycles. The minimum Gasteiger partial charge on any atom is -0.352 e. The molecule has 0 radical (unpaired) electrons. The minimum absolute atomic E-state index is 0.124. The van der Waals surface area contributed by atoms with Gasteiger partial charge in [0.1, 0.15) is 12.6 Å². The third-order valence-corrected chi connectivity index (χ3v) is 7.95. The zero-order chi connectivity index (χ0) is 24.7. The normalized spacial score (nSPS) is 15.2. The van der Waals surface area contributed by atoms with E-state index in [-0.39, 0.29) is 18.5 Å². The fourth-order valence-electron chi connectivity index (χ4n) is 4.07. The maximum Gasteiger partial charge on any atom is 0.304 e. The fraction of sp³-hybridized carbons (Fsp3) is 0.440. The van der Waals surface area contributed by atoms with Gasteiger partial charge >= 0.3 is 10.2 Å². The molecule has 0 bridgehead atoms. The van der Waals surface area contributed by atoms with Gasteiger partial charge in [-0.25, -0.2) is 4.31 Å². The molecule has 3 rings (SSSR count). The molecule has 0 heterocycles. The Morgan fingerprint density at radius 2 is 1.53 bits per heavy atom. The molecule has 0 aliphatic heterocycles. The summed E-state index contributed by atoms with van der Waals surface area (Å²) in [6, 6.07) is 17.3. The van der Waals surface area contributed by atoms with E-state index in [0.717, 1.165) is 39.9 Å². The number of hydrogen-bond donors (Lipinski definition) is 1. The molecule has 1 atom stereocenters. The molecule has 0 saturated heterocycles. The van der Waals surface area contributed by atoms with Gasteiger partial charge in [-0.05, 0) is 37.5 Å². The van der Waals surface area contributed by atoms with Gasteiger partial charge in [-0.15, -0.1) is 0 Å². The summed E-state index contributed by atoms with van der Waals surface area (Å²) in [5.41, 5.74) is 1.24. The second-order valence-electron chi connectivity index (χ2n) is 8.81. The summed E-state index contributed by atoms with van der Waals surface area (Å²) in [6.45, 7) is 1.47. The van der Waals surface area contributed by atoms with Crippen LogP contribution in [0.3, 0.4) is 0 Å². The van der Waals surface area contributed by atoms with Gasteiger partial charge in [-0.2, -0.15) is 12.7 Å². The molecule has 2 aromatic carbocycles. The number of carbonyl (C=O) groups is 2. The Bertz CT molecular complexity index is 1050. The Kier molecular flexibility index (Phi) is 8.68. The topological polar surface area (TPSA) is 90.0 Å². The predicted octanol–water partition coefficient (Wildman–Crippen LogP) is 2.78. The number of benzene rings is 2. The maximum atomic E-state index is 13.6. The van der Waals surface area contributed by atoms with E-state index >= 15 is 0 Å². The highest BCUT2D eigenvalue weighted by molar-refractivity contribution is 7.90. The second-order valence-corrected chi connectivity index (χ2v) is 10.9. The number of carbonyl (C=O) groups excluding carboxylic acids is 2. The van der Waals surface area contributed by atoms with Crippen molar-refractivity contribution >= 4 is 27.7 Å². The molecular formula is C25H34N4O4S. The molecule has 1 unspecified atom stereocenters. The summed E-state index contributed by atoms with van der Waals surface area (Å²) in [5, 5.41) is 3.06. The SMILES string of the molecule is CC(C(=O)NC1CCCC1)N(Cc1ccccc1)C(=O)CN(c1ccccc1)S(=O)(=O)N(C)C. The maximum absolute atomic E-state index is 13.6. The average Bonchev–Trinajstić information content (AvgIpc) is 3.34. The lowest BCUT2D eigenvalue weighted by atomic mass is 10.1. The molecule has 0 aromatic heterocycles. The summed E-state index contributed by atoms with van der Waals surface area (Å²) in [7, 11) is -1.09. The Morgan fingerprint density at radius 1 is 0.971 bits per heavy atom. The molecule has 1 aliphatic rings. The van der Waals surface area contributed by atoms with Crippen molar-refractivity contribution in [3.63, 3.8) is 0 Å². The number of para-hydroxylation sites is 1. The highest BCUT2D eigenvalue weighted by atomic mass is 32.2. The molecule has 1 aliphatic carbocycles. The highest BCUT2D eigenvalue weighted by Crippen LogP contribution is 2.21. The fourth-order valence-corrected chi connectivity index (χ4v) is 5.12. The quantitative estimate of drug-likeness (QED) is 0.559. The Hall–Kier alpha value is -2.91. The standard InChI is InChI=1S/C25H34N4O4S/c1-20(25(31)26-22-14-10-11-15-22)28(18-21-12-6-4-7-13-21)24(30)19-29(34(32,33)27(2)3)23-16-8-5-9-17-23/h4-9,12-13,16-17,20,22H,10-11,14-15,18-19H2,1-3H3,(H,26,31). The third-order valence-electron chi connectivity index (χ3n) is 6.13. The molecule has 2 amide bonds. The monoisotopic (exact) mass is 486 g/mol. The van der Waals surface area contributed by atoms with E-state index in [1.165, 1.54) is 19.0 Å². The van der Waals surface area contributed by atoms with E-state index in [9.17, 15) is 18.0 Å². The molecule has 184 valence electrons. The number of amides is 2. The van der Waals surface area contributed by atoms with Crippen LogP contribution in [0.25, 0.3) is 0 Å². The van der Waals surface area contributed by atoms with Crippen LogP contribution in [0.4, 0.5) is 5.69 Å². The Balaban J connectivity index is 1.88. The predicted molar refractivity (Wildman–Crippen MR) is 133 cm³/mol. The molecular weight excluding hydrogens is 452 g/mol. The smallest absolute Gasteiger partial charge is 0.304 e. The van der Waals surface area contributed by atoms with E-state index < -0.39 is 28.7 Å². The van der Waals surface area contributed by atoms with Gasteiger partial charge in [-0.1, -0.05) is 61.4 Å². The van der Waals surface area contributed by atoms with E-state index in [4.69, 9.17) is 0 Å². The summed E-state index contributed by atoms with van der Waals surface area (Å²) >= 11 is 0. The van der Waals surface area contributed by atoms with Crippen molar-refractivity contribution in [2.75, 3.05) is 24.9 Å². The van der Waals surface area contributed by atoms with Crippen molar-refractivity contribution in [1.82, 2.24) is 14.5 Å². The van der Waals surface area contributed by atoms with Crippen LogP contribution in [-0.2, 0) is 26.3 Å². The van der Waals surface area contributed by atoms with Crippen molar-refractivity contribution in [3.8, 4) is 0 Å².